The number of hydrogen-bond donors (Lipinski definition) is 2. The summed E-state index contributed by atoms with van der Waals surface area (Å²) in [5, 5.41) is 12.8. The van der Waals surface area contributed by atoms with Gasteiger partial charge in [0.1, 0.15) is 5.75 Å². The van der Waals surface area contributed by atoms with E-state index in [2.05, 4.69) is 9.82 Å². The fourth-order valence-electron chi connectivity index (χ4n) is 1.90. The van der Waals surface area contributed by atoms with Crippen LogP contribution in [0, 0.1) is 6.92 Å². The molecule has 0 amide bonds. The van der Waals surface area contributed by atoms with Crippen molar-refractivity contribution in [1.82, 2.24) is 9.78 Å². The van der Waals surface area contributed by atoms with Crippen LogP contribution in [0.1, 0.15) is 5.56 Å². The topological polar surface area (TPSA) is 93.5 Å². The summed E-state index contributed by atoms with van der Waals surface area (Å²) in [5.74, 6) is 0.599. The number of aryl methyl sites for hydroxylation is 1. The Bertz CT molecular complexity index is 725. The highest BCUT2D eigenvalue weighted by Gasteiger charge is 2.18. The number of aliphatic hydroxyl groups excluding tert-OH is 1. The van der Waals surface area contributed by atoms with Crippen molar-refractivity contribution in [3.05, 3.63) is 36.2 Å². The molecule has 1 aromatic carbocycles. The van der Waals surface area contributed by atoms with E-state index in [1.807, 2.05) is 0 Å². The fourth-order valence-corrected chi connectivity index (χ4v) is 3.16. The quantitative estimate of drug-likeness (QED) is 0.830. The van der Waals surface area contributed by atoms with Crippen molar-refractivity contribution >= 4 is 15.7 Å². The van der Waals surface area contributed by atoms with Gasteiger partial charge in [0.15, 0.2) is 0 Å². The Hall–Kier alpha value is -2.06. The summed E-state index contributed by atoms with van der Waals surface area (Å²) in [6, 6.07) is 4.75. The minimum absolute atomic E-state index is 0.0640. The lowest BCUT2D eigenvalue weighted by atomic mass is 10.2. The number of sulfonamides is 1. The van der Waals surface area contributed by atoms with Gasteiger partial charge in [0.05, 0.1) is 37.0 Å². The molecule has 0 aliphatic rings. The van der Waals surface area contributed by atoms with E-state index in [4.69, 9.17) is 9.84 Å². The molecule has 0 aliphatic heterocycles. The van der Waals surface area contributed by atoms with Crippen molar-refractivity contribution in [2.75, 3.05) is 18.4 Å². The average Bonchev–Trinajstić information content (AvgIpc) is 2.85. The number of anilines is 1. The molecule has 0 fully saturated rings. The van der Waals surface area contributed by atoms with Gasteiger partial charge >= 0.3 is 0 Å². The Morgan fingerprint density at radius 3 is 2.81 bits per heavy atom. The maximum absolute atomic E-state index is 12.4. The third-order valence-corrected chi connectivity index (χ3v) is 4.43. The number of ether oxygens (including phenoxy) is 1. The maximum atomic E-state index is 12.4. The van der Waals surface area contributed by atoms with Crippen LogP contribution in [0.3, 0.4) is 0 Å². The van der Waals surface area contributed by atoms with E-state index in [9.17, 15) is 8.42 Å². The molecule has 1 aromatic heterocycles. The fraction of sp³-hybridized carbons (Fsp3) is 0.308. The first-order valence-corrected chi connectivity index (χ1v) is 7.75. The minimum atomic E-state index is -3.69. The predicted molar refractivity (Wildman–Crippen MR) is 77.9 cm³/mol. The SMILES string of the molecule is COc1ccc(S(=O)(=O)Nc2cnn(CCO)c2)c(C)c1. The van der Waals surface area contributed by atoms with Crippen LogP contribution >= 0.6 is 0 Å². The molecule has 2 N–H and O–H groups in total. The Morgan fingerprint density at radius 2 is 2.19 bits per heavy atom. The van der Waals surface area contributed by atoms with E-state index in [0.29, 0.717) is 23.5 Å². The van der Waals surface area contributed by atoms with E-state index >= 15 is 0 Å². The molecule has 0 saturated heterocycles. The summed E-state index contributed by atoms with van der Waals surface area (Å²) in [7, 11) is -2.17. The first-order chi connectivity index (χ1) is 9.96. The highest BCUT2D eigenvalue weighted by Crippen LogP contribution is 2.23. The van der Waals surface area contributed by atoms with Crippen LogP contribution in [0.25, 0.3) is 0 Å². The third kappa shape index (κ3) is 3.53. The Labute approximate surface area is 123 Å². The number of benzene rings is 1. The van der Waals surface area contributed by atoms with Gasteiger partial charge in [0, 0.05) is 6.20 Å². The number of nitrogens with zero attached hydrogens (tertiary/aromatic N) is 2. The molecule has 0 bridgehead atoms. The zero-order valence-electron chi connectivity index (χ0n) is 11.8. The molecule has 2 aromatic rings. The molecule has 0 unspecified atom stereocenters. The van der Waals surface area contributed by atoms with Gasteiger partial charge in [-0.1, -0.05) is 0 Å². The van der Waals surface area contributed by atoms with Crippen molar-refractivity contribution < 1.29 is 18.3 Å². The number of nitrogens with one attached hydrogen (secondary N) is 1. The second-order valence-electron chi connectivity index (χ2n) is 4.45. The molecular formula is C13H17N3O4S. The molecule has 21 heavy (non-hydrogen) atoms. The van der Waals surface area contributed by atoms with Crippen LogP contribution in [0.2, 0.25) is 0 Å². The van der Waals surface area contributed by atoms with E-state index < -0.39 is 10.0 Å². The van der Waals surface area contributed by atoms with Crippen LogP contribution in [0.4, 0.5) is 5.69 Å². The van der Waals surface area contributed by atoms with Crippen molar-refractivity contribution in [2.24, 2.45) is 0 Å². The normalized spacial score (nSPS) is 11.4. The van der Waals surface area contributed by atoms with E-state index in [1.54, 1.807) is 19.1 Å². The largest absolute Gasteiger partial charge is 0.497 e. The first-order valence-electron chi connectivity index (χ1n) is 6.27. The summed E-state index contributed by atoms with van der Waals surface area (Å²) < 4.78 is 33.7. The number of rotatable bonds is 6. The molecular weight excluding hydrogens is 294 g/mol. The lowest BCUT2D eigenvalue weighted by Crippen LogP contribution is -2.14. The van der Waals surface area contributed by atoms with Crippen LogP contribution in [-0.2, 0) is 16.6 Å². The lowest BCUT2D eigenvalue weighted by molar-refractivity contribution is 0.269. The van der Waals surface area contributed by atoms with Gasteiger partial charge in [-0.2, -0.15) is 5.10 Å². The van der Waals surface area contributed by atoms with Gasteiger partial charge in [-0.25, -0.2) is 8.42 Å². The standard InChI is InChI=1S/C13H17N3O4S/c1-10-7-12(20-2)3-4-13(10)21(18,19)15-11-8-14-16(9-11)5-6-17/h3-4,7-9,15,17H,5-6H2,1-2H3. The molecule has 8 heteroatoms. The zero-order chi connectivity index (χ0) is 15.5. The lowest BCUT2D eigenvalue weighted by Gasteiger charge is -2.10. The number of aromatic nitrogens is 2. The summed E-state index contributed by atoms with van der Waals surface area (Å²) in [6.07, 6.45) is 2.92. The molecule has 0 aliphatic carbocycles. The van der Waals surface area contributed by atoms with E-state index in [-0.39, 0.29) is 11.5 Å². The molecule has 114 valence electrons. The van der Waals surface area contributed by atoms with Gasteiger partial charge < -0.3 is 9.84 Å². The third-order valence-electron chi connectivity index (χ3n) is 2.89. The highest BCUT2D eigenvalue weighted by atomic mass is 32.2. The number of aliphatic hydroxyl groups is 1. The van der Waals surface area contributed by atoms with Crippen molar-refractivity contribution in [1.29, 1.82) is 0 Å². The molecule has 0 saturated carbocycles. The van der Waals surface area contributed by atoms with Gasteiger partial charge in [0.25, 0.3) is 10.0 Å². The molecule has 0 atom stereocenters. The molecule has 1 heterocycles. The summed E-state index contributed by atoms with van der Waals surface area (Å²) in [5.41, 5.74) is 0.934. The second kappa shape index (κ2) is 6.15. The predicted octanol–water partition coefficient (Wildman–Crippen LogP) is 0.993. The van der Waals surface area contributed by atoms with Gasteiger partial charge in [-0.3, -0.25) is 9.40 Å². The van der Waals surface area contributed by atoms with Gasteiger partial charge in [-0.15, -0.1) is 0 Å². The number of hydrogen-bond acceptors (Lipinski definition) is 5. The average molecular weight is 311 g/mol. The Kier molecular flexibility index (Phi) is 4.49. The first kappa shape index (κ1) is 15.3. The smallest absolute Gasteiger partial charge is 0.262 e. The zero-order valence-corrected chi connectivity index (χ0v) is 12.6. The molecule has 7 nitrogen and oxygen atoms in total. The summed E-state index contributed by atoms with van der Waals surface area (Å²) in [6.45, 7) is 1.95. The van der Waals surface area contributed by atoms with Crippen molar-refractivity contribution in [2.45, 2.75) is 18.4 Å². The van der Waals surface area contributed by atoms with Crippen LogP contribution < -0.4 is 9.46 Å². The maximum Gasteiger partial charge on any atom is 0.262 e. The van der Waals surface area contributed by atoms with Crippen molar-refractivity contribution in [3.8, 4) is 5.75 Å². The molecule has 0 radical (unpaired) electrons. The second-order valence-corrected chi connectivity index (χ2v) is 6.10. The summed E-state index contributed by atoms with van der Waals surface area (Å²) in [4.78, 5) is 0.179. The molecule has 0 spiro atoms. The number of methoxy groups -OCH3 is 1. The Balaban J connectivity index is 2.25. The minimum Gasteiger partial charge on any atom is -0.497 e. The van der Waals surface area contributed by atoms with E-state index in [0.717, 1.165) is 0 Å². The molecule has 2 rings (SSSR count). The van der Waals surface area contributed by atoms with Gasteiger partial charge in [0.2, 0.25) is 0 Å². The van der Waals surface area contributed by atoms with Gasteiger partial charge in [-0.05, 0) is 30.7 Å². The van der Waals surface area contributed by atoms with Crippen LogP contribution in [0.5, 0.6) is 5.75 Å². The highest BCUT2D eigenvalue weighted by molar-refractivity contribution is 7.92. The Morgan fingerprint density at radius 1 is 1.43 bits per heavy atom. The monoisotopic (exact) mass is 311 g/mol. The summed E-state index contributed by atoms with van der Waals surface area (Å²) >= 11 is 0. The van der Waals surface area contributed by atoms with Crippen LogP contribution in [0.15, 0.2) is 35.5 Å². The van der Waals surface area contributed by atoms with E-state index in [1.165, 1.54) is 30.3 Å². The van der Waals surface area contributed by atoms with Crippen LogP contribution in [-0.4, -0.2) is 37.0 Å². The van der Waals surface area contributed by atoms with Crippen molar-refractivity contribution in [3.63, 3.8) is 0 Å².